The summed E-state index contributed by atoms with van der Waals surface area (Å²) in [6.07, 6.45) is -5.82. The van der Waals surface area contributed by atoms with Gasteiger partial charge in [-0.05, 0) is 37.4 Å². The van der Waals surface area contributed by atoms with Gasteiger partial charge in [-0.2, -0.15) is 5.10 Å². The Labute approximate surface area is 396 Å². The summed E-state index contributed by atoms with van der Waals surface area (Å²) < 4.78 is 17.4. The number of benzene rings is 2. The fourth-order valence-corrected chi connectivity index (χ4v) is 8.06. The molecule has 6 atom stereocenters. The molecule has 1 fully saturated rings. The van der Waals surface area contributed by atoms with Crippen molar-refractivity contribution in [2.75, 3.05) is 53.0 Å². The van der Waals surface area contributed by atoms with Crippen LogP contribution in [0.15, 0.2) is 23.3 Å². The minimum atomic E-state index is -2.28. The number of nitrogens with two attached hydrogens (primary N) is 2. The number of hydrogen-bond acceptors (Lipinski definition) is 21. The first kappa shape index (κ1) is 52.7. The molecule has 17 N–H and O–H groups in total. The van der Waals surface area contributed by atoms with Gasteiger partial charge in [-0.3, -0.25) is 71.1 Å². The number of ketones is 2. The molecule has 370 valence electrons. The van der Waals surface area contributed by atoms with E-state index in [0.717, 1.165) is 9.80 Å². The zero-order valence-corrected chi connectivity index (χ0v) is 37.9. The lowest BCUT2D eigenvalue weighted by atomic mass is 9.71. The fraction of sp³-hybridized carbons (Fsp3) is 0.462. The van der Waals surface area contributed by atoms with Crippen molar-refractivity contribution in [3.8, 4) is 17.2 Å². The smallest absolute Gasteiger partial charge is 0.317 e. The number of aliphatic hydroxyl groups is 3. The number of nitrogens with one attached hydrogen (secondary N) is 6. The molecule has 6 unspecified atom stereocenters. The highest BCUT2D eigenvalue weighted by molar-refractivity contribution is 7.80. The summed E-state index contributed by atoms with van der Waals surface area (Å²) >= 11 is 9.96. The van der Waals surface area contributed by atoms with Crippen LogP contribution < -0.4 is 48.9 Å². The molecule has 2 amide bonds. The predicted molar refractivity (Wildman–Crippen MR) is 241 cm³/mol. The van der Waals surface area contributed by atoms with E-state index in [9.17, 15) is 64.5 Å². The number of aliphatic carboxylic acids is 2. The molecular weight excluding hydrogens is 943 g/mol. The Hall–Kier alpha value is -6.25. The number of phenolic OH excluding ortho intramolecular Hbond substituents is 2. The topological polar surface area (TPSA) is 415 Å². The molecule has 2 aliphatic carbocycles. The number of carboxylic acids is 2. The predicted octanol–water partition coefficient (Wildman–Crippen LogP) is -4.57. The number of ether oxygens (including phenoxy) is 3. The molecule has 68 heavy (non-hydrogen) atoms. The normalized spacial score (nSPS) is 22.0. The fourth-order valence-electron chi connectivity index (χ4n) is 7.91. The zero-order valence-electron chi connectivity index (χ0n) is 36.3. The molecule has 2 aromatic carbocycles. The highest BCUT2D eigenvalue weighted by Crippen LogP contribution is 2.52. The lowest BCUT2D eigenvalue weighted by Crippen LogP contribution is -2.53. The molecule has 0 radical (unpaired) electrons. The number of hydrogen-bond donors (Lipinski definition) is 15. The number of rotatable bonds is 17. The Morgan fingerprint density at radius 3 is 2.04 bits per heavy atom. The van der Waals surface area contributed by atoms with Crippen molar-refractivity contribution < 1.29 is 78.7 Å². The second kappa shape index (κ2) is 22.7. The van der Waals surface area contributed by atoms with Gasteiger partial charge in [0.15, 0.2) is 17.2 Å². The van der Waals surface area contributed by atoms with Gasteiger partial charge in [-0.1, -0.05) is 12.1 Å². The number of carbonyl (C=O) groups is 6. The average Bonchev–Trinajstić information content (AvgIpc) is 3.27. The third-order valence-corrected chi connectivity index (χ3v) is 11.5. The molecule has 0 saturated carbocycles. The van der Waals surface area contributed by atoms with E-state index in [4.69, 9.17) is 50.2 Å². The highest BCUT2D eigenvalue weighted by atomic mass is 32.1. The number of carboxylic acid groups (broad SMARTS) is 2. The maximum absolute atomic E-state index is 14.1. The number of hydrazine groups is 3. The quantitative estimate of drug-likeness (QED) is 0.0199. The second-order valence-electron chi connectivity index (χ2n) is 15.8. The van der Waals surface area contributed by atoms with Gasteiger partial charge >= 0.3 is 11.9 Å². The van der Waals surface area contributed by atoms with Gasteiger partial charge < -0.3 is 55.7 Å². The van der Waals surface area contributed by atoms with Crippen molar-refractivity contribution in [3.05, 3.63) is 51.6 Å². The Morgan fingerprint density at radius 1 is 0.912 bits per heavy atom. The van der Waals surface area contributed by atoms with Gasteiger partial charge in [0.25, 0.3) is 11.8 Å². The van der Waals surface area contributed by atoms with Crippen molar-refractivity contribution >= 4 is 75.7 Å². The van der Waals surface area contributed by atoms with Crippen LogP contribution in [-0.2, 0) is 35.1 Å². The first-order valence-electron chi connectivity index (χ1n) is 20.4. The van der Waals surface area contributed by atoms with Crippen LogP contribution in [0.2, 0.25) is 0 Å². The van der Waals surface area contributed by atoms with Crippen LogP contribution in [0.25, 0.3) is 0 Å². The van der Waals surface area contributed by atoms with Gasteiger partial charge in [0.1, 0.15) is 22.8 Å². The molecule has 1 heterocycles. The van der Waals surface area contributed by atoms with Crippen LogP contribution in [0.4, 0.5) is 0 Å². The summed E-state index contributed by atoms with van der Waals surface area (Å²) in [4.78, 5) is 78.6. The van der Waals surface area contributed by atoms with Gasteiger partial charge in [0.2, 0.25) is 10.9 Å². The SMILES string of the molecule is COc1cccc2c1C(=O)c1c(O)c3c(c(O)c1C2=O)CC(O)(C(CO)=NNC(=S)NNC(=O)CN(CCN(CC(=O)O)CC(=O)NNC(=S)NN)CC(=O)O)CC3OC1CC(N)C(O)C(C)O1. The third-order valence-electron chi connectivity index (χ3n) is 11.1. The number of amides is 2. The third kappa shape index (κ3) is 12.3. The highest BCUT2D eigenvalue weighted by Gasteiger charge is 2.49. The maximum Gasteiger partial charge on any atom is 0.317 e. The second-order valence-corrected chi connectivity index (χ2v) is 16.6. The molecule has 2 aromatic rings. The van der Waals surface area contributed by atoms with Crippen LogP contribution in [0, 0.1) is 0 Å². The summed E-state index contributed by atoms with van der Waals surface area (Å²) in [6.45, 7) is -2.20. The van der Waals surface area contributed by atoms with E-state index in [1.54, 1.807) is 0 Å². The van der Waals surface area contributed by atoms with Crippen molar-refractivity contribution in [2.45, 2.75) is 62.4 Å². The Morgan fingerprint density at radius 2 is 1.50 bits per heavy atom. The molecule has 1 saturated heterocycles. The molecule has 5 rings (SSSR count). The number of carbonyl (C=O) groups excluding carboxylic acids is 4. The largest absolute Gasteiger partial charge is 0.507 e. The molecule has 0 spiro atoms. The molecule has 0 aromatic heterocycles. The zero-order chi connectivity index (χ0) is 50.2. The van der Waals surface area contributed by atoms with Crippen molar-refractivity contribution in [3.63, 3.8) is 0 Å². The molecule has 27 nitrogen and oxygen atoms in total. The first-order valence-corrected chi connectivity index (χ1v) is 21.2. The Kier molecular flexibility index (Phi) is 17.6. The number of hydrazone groups is 1. The Balaban J connectivity index is 1.34. The van der Waals surface area contributed by atoms with Crippen LogP contribution in [0.1, 0.15) is 68.8 Å². The standard InChI is InChI=1S/C39H51N11O16S2/c1-16-32(58)19(40)8-27(65-16)66-21-10-39(63,9-18-29(21)36(62)31-30(34(18)60)33(59)17-4-3-5-20(64-2)28(17)35(31)61)22(15-51)43-47-38(68)48-45-24(53)12-50(14-26(56)57)7-6-49(13-25(54)55)11-23(52)44-46-37(67)42-41/h3-5,16,19,21,27,32,51,58,60,62-63H,6-15,40-41H2,1-2H3,(H,44,52)(H,45,53)(H,54,55)(H,56,57)(H2,42,46,67)(H2,47,48,68). The van der Waals surface area contributed by atoms with Gasteiger partial charge in [0.05, 0.1) is 80.6 Å². The van der Waals surface area contributed by atoms with E-state index in [0.29, 0.717) is 0 Å². The lowest BCUT2D eigenvalue weighted by Gasteiger charge is -2.43. The van der Waals surface area contributed by atoms with E-state index in [1.807, 2.05) is 0 Å². The summed E-state index contributed by atoms with van der Waals surface area (Å²) in [5.74, 6) is -2.26. The van der Waals surface area contributed by atoms with Crippen LogP contribution in [-0.4, -0.2) is 180 Å². The van der Waals surface area contributed by atoms with E-state index in [1.165, 1.54) is 32.2 Å². The van der Waals surface area contributed by atoms with E-state index >= 15 is 0 Å². The average molecular weight is 994 g/mol. The number of aliphatic hydroxyl groups excluding tert-OH is 2. The number of aromatic hydroxyl groups is 2. The molecular formula is C39H51N11O16S2. The first-order chi connectivity index (χ1) is 32.1. The van der Waals surface area contributed by atoms with Crippen LogP contribution >= 0.6 is 24.4 Å². The summed E-state index contributed by atoms with van der Waals surface area (Å²) in [6, 6.07) is 3.41. The van der Waals surface area contributed by atoms with Gasteiger partial charge in [-0.25, -0.2) is 5.84 Å². The molecule has 0 bridgehead atoms. The van der Waals surface area contributed by atoms with Crippen LogP contribution in [0.5, 0.6) is 17.2 Å². The summed E-state index contributed by atoms with van der Waals surface area (Å²) in [5, 5.41) is 79.3. The van der Waals surface area contributed by atoms with E-state index < -0.39 is 151 Å². The minimum Gasteiger partial charge on any atom is -0.507 e. The van der Waals surface area contributed by atoms with E-state index in [-0.39, 0.29) is 52.6 Å². The minimum absolute atomic E-state index is 0.0320. The van der Waals surface area contributed by atoms with Crippen molar-refractivity contribution in [1.82, 2.24) is 42.4 Å². The number of nitrogens with zero attached hydrogens (tertiary/aromatic N) is 3. The maximum atomic E-state index is 14.1. The van der Waals surface area contributed by atoms with Crippen LogP contribution in [0.3, 0.4) is 0 Å². The molecule has 1 aliphatic heterocycles. The summed E-state index contributed by atoms with van der Waals surface area (Å²) in [7, 11) is 1.29. The Bertz CT molecular complexity index is 2360. The number of thiocarbonyl (C=S) groups is 2. The number of phenols is 2. The number of fused-ring (bicyclic) bond motifs is 3. The van der Waals surface area contributed by atoms with Gasteiger partial charge in [0, 0.05) is 55.1 Å². The summed E-state index contributed by atoms with van der Waals surface area (Å²) in [5.41, 5.74) is 15.0. The number of methoxy groups -OCH3 is 1. The van der Waals surface area contributed by atoms with Gasteiger partial charge in [-0.15, -0.1) is 0 Å². The lowest BCUT2D eigenvalue weighted by molar-refractivity contribution is -0.245. The van der Waals surface area contributed by atoms with Crippen molar-refractivity contribution in [2.24, 2.45) is 16.7 Å². The molecule has 3 aliphatic rings. The van der Waals surface area contributed by atoms with Crippen molar-refractivity contribution in [1.29, 1.82) is 0 Å². The monoisotopic (exact) mass is 993 g/mol. The van der Waals surface area contributed by atoms with E-state index in [2.05, 4.69) is 37.7 Å². The molecule has 29 heteroatoms.